The Kier molecular flexibility index (Phi) is 4.09. The Hall–Kier alpha value is -1.98. The number of hydrogen-bond acceptors (Lipinski definition) is 4. The Labute approximate surface area is 130 Å². The van der Waals surface area contributed by atoms with Gasteiger partial charge in [-0.25, -0.2) is 9.50 Å². The maximum absolute atomic E-state index is 12.0. The van der Waals surface area contributed by atoms with Gasteiger partial charge in [-0.15, -0.1) is 5.10 Å². The first-order valence-electron chi connectivity index (χ1n) is 7.95. The van der Waals surface area contributed by atoms with Crippen LogP contribution in [-0.2, 0) is 11.2 Å². The van der Waals surface area contributed by atoms with Crippen molar-refractivity contribution in [3.05, 3.63) is 24.3 Å². The number of carbonyl (C=O) groups excluding carboxylic acids is 1. The molecule has 0 bridgehead atoms. The zero-order valence-electron chi connectivity index (χ0n) is 13.2. The molecule has 0 unspecified atom stereocenters. The molecule has 0 aromatic carbocycles. The summed E-state index contributed by atoms with van der Waals surface area (Å²) in [7, 11) is 0. The summed E-state index contributed by atoms with van der Waals surface area (Å²) in [5.41, 5.74) is 0.466. The molecule has 0 spiro atoms. The number of nitrogens with zero attached hydrogens (tertiary/aromatic N) is 4. The van der Waals surface area contributed by atoms with Gasteiger partial charge in [0.05, 0.1) is 6.42 Å². The number of carbonyl (C=O) groups is 1. The van der Waals surface area contributed by atoms with Crippen LogP contribution in [0.25, 0.3) is 5.78 Å². The quantitative estimate of drug-likeness (QED) is 0.937. The smallest absolute Gasteiger partial charge is 0.252 e. The van der Waals surface area contributed by atoms with E-state index in [-0.39, 0.29) is 12.3 Å². The summed E-state index contributed by atoms with van der Waals surface area (Å²) in [5.74, 6) is 1.63. The summed E-state index contributed by atoms with van der Waals surface area (Å²) in [5, 5.41) is 7.27. The van der Waals surface area contributed by atoms with Crippen LogP contribution in [0.4, 0.5) is 0 Å². The molecule has 0 aliphatic heterocycles. The van der Waals surface area contributed by atoms with Gasteiger partial charge in [0.2, 0.25) is 5.91 Å². The largest absolute Gasteiger partial charge is 0.355 e. The Morgan fingerprint density at radius 2 is 2.18 bits per heavy atom. The van der Waals surface area contributed by atoms with E-state index in [1.807, 2.05) is 0 Å². The van der Waals surface area contributed by atoms with Gasteiger partial charge in [-0.3, -0.25) is 4.79 Å². The maximum atomic E-state index is 12.0. The molecule has 1 N–H and O–H groups in total. The van der Waals surface area contributed by atoms with Crippen molar-refractivity contribution in [1.82, 2.24) is 24.9 Å². The zero-order valence-corrected chi connectivity index (χ0v) is 13.2. The van der Waals surface area contributed by atoms with Crippen LogP contribution in [0, 0.1) is 11.3 Å². The lowest BCUT2D eigenvalue weighted by atomic mass is 9.73. The Morgan fingerprint density at radius 3 is 2.91 bits per heavy atom. The van der Waals surface area contributed by atoms with Gasteiger partial charge in [0.1, 0.15) is 0 Å². The lowest BCUT2D eigenvalue weighted by molar-refractivity contribution is -0.120. The Balaban J connectivity index is 1.48. The van der Waals surface area contributed by atoms with Crippen LogP contribution in [0.3, 0.4) is 0 Å². The molecule has 118 valence electrons. The van der Waals surface area contributed by atoms with E-state index in [4.69, 9.17) is 0 Å². The molecule has 1 saturated carbocycles. The van der Waals surface area contributed by atoms with Gasteiger partial charge in [0.25, 0.3) is 5.78 Å². The van der Waals surface area contributed by atoms with E-state index in [1.165, 1.54) is 25.7 Å². The molecule has 0 radical (unpaired) electrons. The standard InChI is InChI=1S/C16H23N5O/c1-16(2)6-4-12(5-7-16)11-18-14(22)10-13-19-15-17-8-3-9-21(15)20-13/h3,8-9,12H,4-7,10-11H2,1-2H3,(H,18,22). The fourth-order valence-corrected chi connectivity index (χ4v) is 2.98. The minimum absolute atomic E-state index is 0.0132. The average molecular weight is 301 g/mol. The highest BCUT2D eigenvalue weighted by molar-refractivity contribution is 5.77. The first kappa shape index (κ1) is 14.9. The van der Waals surface area contributed by atoms with Crippen LogP contribution >= 0.6 is 0 Å². The molecule has 1 fully saturated rings. The summed E-state index contributed by atoms with van der Waals surface area (Å²) in [6, 6.07) is 1.79. The van der Waals surface area contributed by atoms with Crippen LogP contribution < -0.4 is 5.32 Å². The Morgan fingerprint density at radius 1 is 1.41 bits per heavy atom. The van der Waals surface area contributed by atoms with Gasteiger partial charge in [0.15, 0.2) is 5.82 Å². The number of fused-ring (bicyclic) bond motifs is 1. The maximum Gasteiger partial charge on any atom is 0.252 e. The number of nitrogens with one attached hydrogen (secondary N) is 1. The van der Waals surface area contributed by atoms with Crippen molar-refractivity contribution in [2.24, 2.45) is 11.3 Å². The average Bonchev–Trinajstić information content (AvgIpc) is 2.88. The fraction of sp³-hybridized carbons (Fsp3) is 0.625. The van der Waals surface area contributed by atoms with E-state index in [0.29, 0.717) is 22.9 Å². The summed E-state index contributed by atoms with van der Waals surface area (Å²) < 4.78 is 1.59. The second-order valence-electron chi connectivity index (χ2n) is 6.98. The van der Waals surface area contributed by atoms with Crippen LogP contribution in [0.1, 0.15) is 45.4 Å². The highest BCUT2D eigenvalue weighted by Gasteiger charge is 2.26. The molecule has 1 aliphatic rings. The normalized spacial score (nSPS) is 18.5. The number of aromatic nitrogens is 4. The molecule has 2 aromatic heterocycles. The molecule has 6 nitrogen and oxygen atoms in total. The van der Waals surface area contributed by atoms with Crippen LogP contribution in [0.15, 0.2) is 18.5 Å². The molecular weight excluding hydrogens is 278 g/mol. The number of rotatable bonds is 4. The van der Waals surface area contributed by atoms with E-state index in [2.05, 4.69) is 34.2 Å². The highest BCUT2D eigenvalue weighted by Crippen LogP contribution is 2.37. The van der Waals surface area contributed by atoms with Gasteiger partial charge in [-0.2, -0.15) is 4.98 Å². The summed E-state index contributed by atoms with van der Waals surface area (Å²) in [4.78, 5) is 20.4. The molecule has 3 rings (SSSR count). The van der Waals surface area contributed by atoms with Crippen molar-refractivity contribution in [3.8, 4) is 0 Å². The molecule has 2 aromatic rings. The van der Waals surface area contributed by atoms with E-state index >= 15 is 0 Å². The van der Waals surface area contributed by atoms with Crippen molar-refractivity contribution in [3.63, 3.8) is 0 Å². The molecular formula is C16H23N5O. The van der Waals surface area contributed by atoms with Crippen molar-refractivity contribution in [2.45, 2.75) is 46.0 Å². The van der Waals surface area contributed by atoms with Gasteiger partial charge in [-0.05, 0) is 43.1 Å². The van der Waals surface area contributed by atoms with Crippen molar-refractivity contribution < 1.29 is 4.79 Å². The van der Waals surface area contributed by atoms with Crippen LogP contribution in [-0.4, -0.2) is 32.0 Å². The third kappa shape index (κ3) is 3.61. The molecule has 6 heteroatoms. The van der Waals surface area contributed by atoms with Crippen molar-refractivity contribution >= 4 is 11.7 Å². The van der Waals surface area contributed by atoms with Crippen molar-refractivity contribution in [2.75, 3.05) is 6.54 Å². The summed E-state index contributed by atoms with van der Waals surface area (Å²) in [6.45, 7) is 5.41. The van der Waals surface area contributed by atoms with Gasteiger partial charge in [0, 0.05) is 18.9 Å². The highest BCUT2D eigenvalue weighted by atomic mass is 16.1. The second kappa shape index (κ2) is 6.02. The van der Waals surface area contributed by atoms with E-state index in [0.717, 1.165) is 6.54 Å². The van der Waals surface area contributed by atoms with Crippen LogP contribution in [0.2, 0.25) is 0 Å². The van der Waals surface area contributed by atoms with Gasteiger partial charge in [-0.1, -0.05) is 13.8 Å². The predicted octanol–water partition coefficient (Wildman–Crippen LogP) is 2.00. The summed E-state index contributed by atoms with van der Waals surface area (Å²) >= 11 is 0. The van der Waals surface area contributed by atoms with Crippen molar-refractivity contribution in [1.29, 1.82) is 0 Å². The van der Waals surface area contributed by atoms with E-state index in [9.17, 15) is 4.79 Å². The number of amides is 1. The fourth-order valence-electron chi connectivity index (χ4n) is 2.98. The Bertz CT molecular complexity index is 620. The lowest BCUT2D eigenvalue weighted by Gasteiger charge is -2.34. The number of hydrogen-bond donors (Lipinski definition) is 1. The van der Waals surface area contributed by atoms with E-state index in [1.54, 1.807) is 23.0 Å². The lowest BCUT2D eigenvalue weighted by Crippen LogP contribution is -2.33. The first-order chi connectivity index (χ1) is 10.5. The first-order valence-corrected chi connectivity index (χ1v) is 7.95. The molecule has 0 saturated heterocycles. The second-order valence-corrected chi connectivity index (χ2v) is 6.98. The van der Waals surface area contributed by atoms with E-state index < -0.39 is 0 Å². The topological polar surface area (TPSA) is 72.2 Å². The monoisotopic (exact) mass is 301 g/mol. The third-order valence-electron chi connectivity index (χ3n) is 4.53. The van der Waals surface area contributed by atoms with Crippen LogP contribution in [0.5, 0.6) is 0 Å². The molecule has 1 amide bonds. The SMILES string of the molecule is CC1(C)CCC(CNC(=O)Cc2nc3ncccn3n2)CC1. The predicted molar refractivity (Wildman–Crippen MR) is 83.2 cm³/mol. The molecule has 1 aliphatic carbocycles. The molecule has 2 heterocycles. The summed E-state index contributed by atoms with van der Waals surface area (Å²) in [6.07, 6.45) is 8.54. The minimum Gasteiger partial charge on any atom is -0.355 e. The zero-order chi connectivity index (χ0) is 15.6. The minimum atomic E-state index is -0.0132. The molecule has 22 heavy (non-hydrogen) atoms. The molecule has 0 atom stereocenters. The van der Waals surface area contributed by atoms with Gasteiger partial charge >= 0.3 is 0 Å². The van der Waals surface area contributed by atoms with Gasteiger partial charge < -0.3 is 5.32 Å². The third-order valence-corrected chi connectivity index (χ3v) is 4.53.